The number of carbonyl (C=O) groups excluding carboxylic acids is 2. The second-order valence-corrected chi connectivity index (χ2v) is 12.1. The lowest BCUT2D eigenvalue weighted by molar-refractivity contribution is -0.122. The highest BCUT2D eigenvalue weighted by atomic mass is 35.5. The standard InChI is InChI=1S/C30H28Cl2N4O2/c1-29(2,3)15-24-30(22-12-9-20(32)14-23(22)35-28(30)38)25(18-5-4-6-19(31)13-18)26(36-24)27(37)34-21-10-7-17(16-33)8-11-21/h4-14,24-26,36H,15H2,1-3H3,(H,34,37)(H,35,38)/t24-,25-,26+,30?/m0/s1. The summed E-state index contributed by atoms with van der Waals surface area (Å²) in [7, 11) is 0. The van der Waals surface area contributed by atoms with E-state index in [0.29, 0.717) is 33.4 Å². The van der Waals surface area contributed by atoms with Gasteiger partial charge < -0.3 is 16.0 Å². The van der Waals surface area contributed by atoms with E-state index in [2.05, 4.69) is 42.8 Å². The first-order valence-electron chi connectivity index (χ1n) is 12.5. The van der Waals surface area contributed by atoms with Crippen LogP contribution in [-0.2, 0) is 15.0 Å². The zero-order valence-corrected chi connectivity index (χ0v) is 22.8. The van der Waals surface area contributed by atoms with Gasteiger partial charge in [0.25, 0.3) is 0 Å². The molecule has 5 rings (SSSR count). The maximum absolute atomic E-state index is 14.1. The minimum absolute atomic E-state index is 0.141. The van der Waals surface area contributed by atoms with E-state index in [4.69, 9.17) is 28.5 Å². The quantitative estimate of drug-likeness (QED) is 0.360. The Labute approximate surface area is 232 Å². The van der Waals surface area contributed by atoms with Gasteiger partial charge in [-0.2, -0.15) is 5.26 Å². The van der Waals surface area contributed by atoms with E-state index in [1.807, 2.05) is 24.3 Å². The van der Waals surface area contributed by atoms with Crippen LogP contribution in [0.3, 0.4) is 0 Å². The van der Waals surface area contributed by atoms with Gasteiger partial charge in [-0.25, -0.2) is 0 Å². The minimum Gasteiger partial charge on any atom is -0.325 e. The van der Waals surface area contributed by atoms with Crippen LogP contribution in [0.5, 0.6) is 0 Å². The van der Waals surface area contributed by atoms with Crippen molar-refractivity contribution in [3.8, 4) is 6.07 Å². The molecule has 4 atom stereocenters. The fourth-order valence-corrected chi connectivity index (χ4v) is 6.34. The summed E-state index contributed by atoms with van der Waals surface area (Å²) in [5.41, 5.74) is 2.11. The van der Waals surface area contributed by atoms with Crippen molar-refractivity contribution in [3.05, 3.63) is 93.5 Å². The van der Waals surface area contributed by atoms with Crippen LogP contribution < -0.4 is 16.0 Å². The van der Waals surface area contributed by atoms with Gasteiger partial charge in [0.05, 0.1) is 17.7 Å². The maximum Gasteiger partial charge on any atom is 0.242 e. The SMILES string of the molecule is CC(C)(C)C[C@@H]1N[C@@H](C(=O)Nc2ccc(C#N)cc2)[C@H](c2cccc(Cl)c2)C12C(=O)Nc1cc(Cl)ccc12. The lowest BCUT2D eigenvalue weighted by Crippen LogP contribution is -2.49. The van der Waals surface area contributed by atoms with Gasteiger partial charge in [0.15, 0.2) is 0 Å². The number of nitriles is 1. The number of hydrogen-bond donors (Lipinski definition) is 3. The number of benzene rings is 3. The molecule has 0 bridgehead atoms. The first kappa shape index (κ1) is 26.2. The van der Waals surface area contributed by atoms with Crippen LogP contribution in [0.15, 0.2) is 66.7 Å². The van der Waals surface area contributed by atoms with Gasteiger partial charge in [-0.05, 0) is 71.5 Å². The lowest BCUT2D eigenvalue weighted by Gasteiger charge is -2.37. The van der Waals surface area contributed by atoms with Crippen LogP contribution in [0, 0.1) is 16.7 Å². The highest BCUT2D eigenvalue weighted by Crippen LogP contribution is 2.56. The first-order valence-corrected chi connectivity index (χ1v) is 13.2. The van der Waals surface area contributed by atoms with Crippen LogP contribution in [0.1, 0.15) is 49.8 Å². The van der Waals surface area contributed by atoms with Crippen LogP contribution in [0.25, 0.3) is 0 Å². The highest BCUT2D eigenvalue weighted by molar-refractivity contribution is 6.31. The third-order valence-corrected chi connectivity index (χ3v) is 7.86. The molecular weight excluding hydrogens is 519 g/mol. The number of hydrogen-bond acceptors (Lipinski definition) is 4. The zero-order valence-electron chi connectivity index (χ0n) is 21.3. The Kier molecular flexibility index (Phi) is 6.73. The van der Waals surface area contributed by atoms with Gasteiger partial charge in [0.2, 0.25) is 11.8 Å². The van der Waals surface area contributed by atoms with E-state index in [1.165, 1.54) is 0 Å². The number of rotatable bonds is 4. The molecule has 2 aliphatic rings. The predicted molar refractivity (Wildman–Crippen MR) is 151 cm³/mol. The van der Waals surface area contributed by atoms with Crippen molar-refractivity contribution >= 4 is 46.4 Å². The normalized spacial score (nSPS) is 24.1. The third-order valence-electron chi connectivity index (χ3n) is 7.39. The van der Waals surface area contributed by atoms with Crippen LogP contribution in [0.2, 0.25) is 10.0 Å². The Hall–Kier alpha value is -3.37. The molecule has 38 heavy (non-hydrogen) atoms. The number of nitrogens with one attached hydrogen (secondary N) is 3. The van der Waals surface area contributed by atoms with Gasteiger partial charge in [-0.15, -0.1) is 0 Å². The molecule has 0 aliphatic carbocycles. The summed E-state index contributed by atoms with van der Waals surface area (Å²) in [4.78, 5) is 28.1. The van der Waals surface area contributed by atoms with Gasteiger partial charge >= 0.3 is 0 Å². The Balaban J connectivity index is 1.68. The van der Waals surface area contributed by atoms with E-state index in [1.54, 1.807) is 42.5 Å². The average molecular weight is 547 g/mol. The second kappa shape index (κ2) is 9.74. The van der Waals surface area contributed by atoms with Crippen LogP contribution in [0.4, 0.5) is 11.4 Å². The monoisotopic (exact) mass is 546 g/mol. The maximum atomic E-state index is 14.1. The molecule has 1 fully saturated rings. The Morgan fingerprint density at radius 3 is 2.42 bits per heavy atom. The average Bonchev–Trinajstić information content (AvgIpc) is 3.33. The van der Waals surface area contributed by atoms with Crippen molar-refractivity contribution in [2.24, 2.45) is 5.41 Å². The van der Waals surface area contributed by atoms with Crippen LogP contribution in [-0.4, -0.2) is 23.9 Å². The van der Waals surface area contributed by atoms with E-state index in [0.717, 1.165) is 11.1 Å². The molecule has 194 valence electrons. The van der Waals surface area contributed by atoms with E-state index in [9.17, 15) is 9.59 Å². The summed E-state index contributed by atoms with van der Waals surface area (Å²) in [5.74, 6) is -1.00. The summed E-state index contributed by atoms with van der Waals surface area (Å²) >= 11 is 12.7. The number of nitrogens with zero attached hydrogens (tertiary/aromatic N) is 1. The molecule has 8 heteroatoms. The van der Waals surface area contributed by atoms with Crippen molar-refractivity contribution in [1.29, 1.82) is 5.26 Å². The smallest absolute Gasteiger partial charge is 0.242 e. The second-order valence-electron chi connectivity index (χ2n) is 11.2. The summed E-state index contributed by atoms with van der Waals surface area (Å²) in [6.07, 6.45) is 0.639. The molecule has 2 aliphatic heterocycles. The number of halogens is 2. The molecule has 2 amide bonds. The van der Waals surface area contributed by atoms with Gasteiger partial charge in [-0.3, -0.25) is 9.59 Å². The largest absolute Gasteiger partial charge is 0.325 e. The molecule has 0 aromatic heterocycles. The van der Waals surface area contributed by atoms with E-state index >= 15 is 0 Å². The minimum atomic E-state index is -1.08. The zero-order chi connectivity index (χ0) is 27.2. The number of amides is 2. The molecule has 0 radical (unpaired) electrons. The Morgan fingerprint density at radius 1 is 1.05 bits per heavy atom. The fourth-order valence-electron chi connectivity index (χ4n) is 5.97. The van der Waals surface area contributed by atoms with Crippen LogP contribution >= 0.6 is 23.2 Å². The molecule has 1 spiro atoms. The van der Waals surface area contributed by atoms with Gasteiger partial charge in [0.1, 0.15) is 5.41 Å². The molecule has 3 aromatic carbocycles. The molecule has 3 N–H and O–H groups in total. The predicted octanol–water partition coefficient (Wildman–Crippen LogP) is 6.25. The first-order chi connectivity index (χ1) is 18.0. The number of carbonyl (C=O) groups is 2. The summed E-state index contributed by atoms with van der Waals surface area (Å²) < 4.78 is 0. The molecular formula is C30H28Cl2N4O2. The topological polar surface area (TPSA) is 94.0 Å². The molecule has 6 nitrogen and oxygen atoms in total. The number of fused-ring (bicyclic) bond motifs is 2. The van der Waals surface area contributed by atoms with E-state index < -0.39 is 17.4 Å². The van der Waals surface area contributed by atoms with Gasteiger partial charge in [0, 0.05) is 33.4 Å². The lowest BCUT2D eigenvalue weighted by atomic mass is 9.62. The molecule has 2 heterocycles. The summed E-state index contributed by atoms with van der Waals surface area (Å²) in [6.45, 7) is 6.36. The van der Waals surface area contributed by atoms with Crippen molar-refractivity contribution in [2.45, 2.75) is 50.6 Å². The molecule has 0 saturated carbocycles. The fraction of sp³-hybridized carbons (Fsp3) is 0.300. The Morgan fingerprint density at radius 2 is 1.76 bits per heavy atom. The van der Waals surface area contributed by atoms with Crippen molar-refractivity contribution in [2.75, 3.05) is 10.6 Å². The Bertz CT molecular complexity index is 1460. The highest BCUT2D eigenvalue weighted by Gasteiger charge is 2.65. The van der Waals surface area contributed by atoms with Crippen molar-refractivity contribution in [3.63, 3.8) is 0 Å². The number of anilines is 2. The van der Waals surface area contributed by atoms with Crippen molar-refractivity contribution in [1.82, 2.24) is 5.32 Å². The van der Waals surface area contributed by atoms with Crippen molar-refractivity contribution < 1.29 is 9.59 Å². The third kappa shape index (κ3) is 4.56. The molecule has 1 unspecified atom stereocenters. The summed E-state index contributed by atoms with van der Waals surface area (Å²) in [6, 6.07) is 20.5. The summed E-state index contributed by atoms with van der Waals surface area (Å²) in [5, 5.41) is 19.8. The molecule has 1 saturated heterocycles. The molecule has 3 aromatic rings. The van der Waals surface area contributed by atoms with E-state index in [-0.39, 0.29) is 23.3 Å². The van der Waals surface area contributed by atoms with Gasteiger partial charge in [-0.1, -0.05) is 62.2 Å².